The lowest BCUT2D eigenvalue weighted by atomic mass is 10.1. The van der Waals surface area contributed by atoms with E-state index >= 15 is 0 Å². The summed E-state index contributed by atoms with van der Waals surface area (Å²) in [6, 6.07) is 0. The number of hydrogen-bond acceptors (Lipinski definition) is 4. The first-order chi connectivity index (χ1) is 7.09. The molecule has 1 fully saturated rings. The highest BCUT2D eigenvalue weighted by Crippen LogP contribution is 2.09. The minimum atomic E-state index is -0.531. The van der Waals surface area contributed by atoms with Gasteiger partial charge in [-0.05, 0) is 12.8 Å². The number of hydroxylamine groups is 1. The highest BCUT2D eigenvalue weighted by Gasteiger charge is 2.19. The molecule has 88 valence electrons. The molecule has 1 aliphatic rings. The average molecular weight is 217 g/mol. The lowest BCUT2D eigenvalue weighted by molar-refractivity contribution is -0.0910. The molecule has 0 aromatic rings. The molecule has 1 aliphatic heterocycles. The number of hydrogen-bond donors (Lipinski definition) is 1. The van der Waals surface area contributed by atoms with Crippen molar-refractivity contribution in [2.45, 2.75) is 26.9 Å². The Morgan fingerprint density at radius 2 is 2.13 bits per heavy atom. The zero-order valence-corrected chi connectivity index (χ0v) is 9.49. The summed E-state index contributed by atoms with van der Waals surface area (Å²) in [6.07, 6.45) is -0.642. The molecule has 1 unspecified atom stereocenters. The van der Waals surface area contributed by atoms with E-state index in [1.807, 2.05) is 20.8 Å². The summed E-state index contributed by atoms with van der Waals surface area (Å²) in [5, 5.41) is 0. The van der Waals surface area contributed by atoms with Gasteiger partial charge >= 0.3 is 6.09 Å². The third kappa shape index (κ3) is 4.48. The molecule has 1 saturated heterocycles. The number of amides is 1. The summed E-state index contributed by atoms with van der Waals surface area (Å²) >= 11 is 0. The number of carbonyl (C=O) groups excluding carboxylic acids is 1. The summed E-state index contributed by atoms with van der Waals surface area (Å²) in [6.45, 7) is 7.72. The summed E-state index contributed by atoms with van der Waals surface area (Å²) in [4.78, 5) is 16.1. The van der Waals surface area contributed by atoms with Gasteiger partial charge in [-0.25, -0.2) is 4.79 Å². The number of carbonyl (C=O) groups is 1. The number of nitrogens with one attached hydrogen (secondary N) is 1. The van der Waals surface area contributed by atoms with Crippen LogP contribution >= 0.6 is 0 Å². The van der Waals surface area contributed by atoms with Crippen molar-refractivity contribution in [3.05, 3.63) is 0 Å². The Morgan fingerprint density at radius 1 is 1.47 bits per heavy atom. The van der Waals surface area contributed by atoms with Gasteiger partial charge in [-0.1, -0.05) is 13.8 Å². The van der Waals surface area contributed by atoms with E-state index in [1.54, 1.807) is 0 Å². The first-order valence-electron chi connectivity index (χ1n) is 5.25. The van der Waals surface area contributed by atoms with Gasteiger partial charge in [0.15, 0.2) is 0 Å². The first kappa shape index (κ1) is 12.3. The van der Waals surface area contributed by atoms with Gasteiger partial charge in [-0.2, -0.15) is 5.48 Å². The van der Waals surface area contributed by atoms with Crippen LogP contribution in [0.25, 0.3) is 0 Å². The fourth-order valence-electron chi connectivity index (χ4n) is 0.928. The quantitative estimate of drug-likeness (QED) is 0.706. The Hall–Kier alpha value is -0.810. The Kier molecular flexibility index (Phi) is 4.84. The zero-order chi connectivity index (χ0) is 11.3. The van der Waals surface area contributed by atoms with Gasteiger partial charge in [0.2, 0.25) is 0 Å². The van der Waals surface area contributed by atoms with Crippen molar-refractivity contribution in [1.29, 1.82) is 0 Å². The Balaban J connectivity index is 2.02. The number of rotatable bonds is 5. The molecule has 1 rings (SSSR count). The van der Waals surface area contributed by atoms with Gasteiger partial charge in [-0.3, -0.25) is 4.84 Å². The molecule has 1 N–H and O–H groups in total. The van der Waals surface area contributed by atoms with Gasteiger partial charge in [-0.15, -0.1) is 0 Å². The SMILES string of the molecule is CC(C)C(C)OC(=O)NOCC1COC1. The van der Waals surface area contributed by atoms with Crippen LogP contribution in [0.2, 0.25) is 0 Å². The van der Waals surface area contributed by atoms with Crippen molar-refractivity contribution in [2.75, 3.05) is 19.8 Å². The van der Waals surface area contributed by atoms with E-state index in [0.29, 0.717) is 31.7 Å². The van der Waals surface area contributed by atoms with Crippen molar-refractivity contribution < 1.29 is 19.1 Å². The van der Waals surface area contributed by atoms with Crippen LogP contribution in [0.1, 0.15) is 20.8 Å². The third-order valence-electron chi connectivity index (χ3n) is 2.41. The minimum absolute atomic E-state index is 0.111. The minimum Gasteiger partial charge on any atom is -0.445 e. The van der Waals surface area contributed by atoms with Crippen LogP contribution < -0.4 is 5.48 Å². The maximum Gasteiger partial charge on any atom is 0.431 e. The van der Waals surface area contributed by atoms with Gasteiger partial charge in [0, 0.05) is 5.92 Å². The smallest absolute Gasteiger partial charge is 0.431 e. The molecule has 1 amide bonds. The Labute approximate surface area is 90.0 Å². The van der Waals surface area contributed by atoms with Crippen LogP contribution in [-0.2, 0) is 14.3 Å². The van der Waals surface area contributed by atoms with E-state index in [2.05, 4.69) is 5.48 Å². The molecule has 0 bridgehead atoms. The van der Waals surface area contributed by atoms with E-state index in [-0.39, 0.29) is 6.10 Å². The lowest BCUT2D eigenvalue weighted by Crippen LogP contribution is -2.36. The zero-order valence-electron chi connectivity index (χ0n) is 9.49. The van der Waals surface area contributed by atoms with Gasteiger partial charge in [0.1, 0.15) is 6.10 Å². The normalized spacial score (nSPS) is 18.4. The summed E-state index contributed by atoms with van der Waals surface area (Å²) in [7, 11) is 0. The van der Waals surface area contributed by atoms with Crippen LogP contribution in [0.3, 0.4) is 0 Å². The predicted molar refractivity (Wildman–Crippen MR) is 54.2 cm³/mol. The van der Waals surface area contributed by atoms with Crippen molar-refractivity contribution in [2.24, 2.45) is 11.8 Å². The van der Waals surface area contributed by atoms with E-state index in [1.165, 1.54) is 0 Å². The van der Waals surface area contributed by atoms with Crippen molar-refractivity contribution in [3.63, 3.8) is 0 Å². The van der Waals surface area contributed by atoms with Crippen LogP contribution in [0.4, 0.5) is 4.79 Å². The van der Waals surface area contributed by atoms with Crippen molar-refractivity contribution >= 4 is 6.09 Å². The molecule has 1 heterocycles. The fraction of sp³-hybridized carbons (Fsp3) is 0.900. The maximum atomic E-state index is 11.2. The molecule has 0 aromatic heterocycles. The molecule has 1 atom stereocenters. The van der Waals surface area contributed by atoms with Gasteiger partial charge < -0.3 is 9.47 Å². The molecule has 5 heteroatoms. The predicted octanol–water partition coefficient (Wildman–Crippen LogP) is 1.34. The Morgan fingerprint density at radius 3 is 2.60 bits per heavy atom. The fourth-order valence-corrected chi connectivity index (χ4v) is 0.928. The van der Waals surface area contributed by atoms with E-state index in [9.17, 15) is 4.79 Å². The number of ether oxygens (including phenoxy) is 2. The summed E-state index contributed by atoms with van der Waals surface area (Å²) in [5.74, 6) is 0.698. The molecular formula is C10H19NO4. The molecular weight excluding hydrogens is 198 g/mol. The third-order valence-corrected chi connectivity index (χ3v) is 2.41. The highest BCUT2D eigenvalue weighted by molar-refractivity contribution is 5.65. The molecule has 15 heavy (non-hydrogen) atoms. The second-order valence-corrected chi connectivity index (χ2v) is 4.17. The van der Waals surface area contributed by atoms with E-state index < -0.39 is 6.09 Å². The lowest BCUT2D eigenvalue weighted by Gasteiger charge is -2.25. The molecule has 0 spiro atoms. The van der Waals surface area contributed by atoms with Crippen LogP contribution in [0, 0.1) is 11.8 Å². The molecule has 0 saturated carbocycles. The second-order valence-electron chi connectivity index (χ2n) is 4.17. The molecule has 0 radical (unpaired) electrons. The maximum absolute atomic E-state index is 11.2. The summed E-state index contributed by atoms with van der Waals surface area (Å²) < 4.78 is 10.0. The molecule has 5 nitrogen and oxygen atoms in total. The monoisotopic (exact) mass is 217 g/mol. The summed E-state index contributed by atoms with van der Waals surface area (Å²) in [5.41, 5.74) is 2.25. The van der Waals surface area contributed by atoms with E-state index in [0.717, 1.165) is 0 Å². The first-order valence-corrected chi connectivity index (χ1v) is 5.25. The van der Waals surface area contributed by atoms with Gasteiger partial charge in [0.25, 0.3) is 0 Å². The standard InChI is InChI=1S/C10H19NO4/c1-7(2)8(3)15-10(12)11-14-6-9-4-13-5-9/h7-9H,4-6H2,1-3H3,(H,11,12). The molecule has 0 aromatic carbocycles. The Bertz CT molecular complexity index is 204. The van der Waals surface area contributed by atoms with Crippen LogP contribution in [0.5, 0.6) is 0 Å². The van der Waals surface area contributed by atoms with Gasteiger partial charge in [0.05, 0.1) is 19.8 Å². The average Bonchev–Trinajstić information content (AvgIpc) is 2.09. The molecule has 0 aliphatic carbocycles. The van der Waals surface area contributed by atoms with Crippen LogP contribution in [0.15, 0.2) is 0 Å². The second kappa shape index (κ2) is 5.92. The van der Waals surface area contributed by atoms with Crippen molar-refractivity contribution in [1.82, 2.24) is 5.48 Å². The van der Waals surface area contributed by atoms with Crippen LogP contribution in [-0.4, -0.2) is 32.0 Å². The van der Waals surface area contributed by atoms with Crippen molar-refractivity contribution in [3.8, 4) is 0 Å². The highest BCUT2D eigenvalue weighted by atomic mass is 16.7. The largest absolute Gasteiger partial charge is 0.445 e. The van der Waals surface area contributed by atoms with E-state index in [4.69, 9.17) is 14.3 Å². The topological polar surface area (TPSA) is 56.8 Å².